The van der Waals surface area contributed by atoms with Gasteiger partial charge < -0.3 is 15.7 Å². The van der Waals surface area contributed by atoms with Gasteiger partial charge in [0.2, 0.25) is 5.82 Å². The van der Waals surface area contributed by atoms with Gasteiger partial charge in [-0.05, 0) is 6.42 Å². The maximum absolute atomic E-state index is 12.9. The smallest absolute Gasteiger partial charge is 0.390 e. The summed E-state index contributed by atoms with van der Waals surface area (Å²) >= 11 is 0. The van der Waals surface area contributed by atoms with Crippen molar-refractivity contribution in [2.75, 3.05) is 30.3 Å². The van der Waals surface area contributed by atoms with Crippen molar-refractivity contribution < 1.29 is 27.1 Å². The van der Waals surface area contributed by atoms with E-state index in [2.05, 4.69) is 20.6 Å². The van der Waals surface area contributed by atoms with Gasteiger partial charge >= 0.3 is 6.18 Å². The van der Waals surface area contributed by atoms with E-state index < -0.39 is 36.9 Å². The van der Waals surface area contributed by atoms with Gasteiger partial charge in [-0.15, -0.1) is 0 Å². The zero-order valence-electron chi connectivity index (χ0n) is 11.1. The van der Waals surface area contributed by atoms with Crippen LogP contribution in [0.15, 0.2) is 6.07 Å². The van der Waals surface area contributed by atoms with Gasteiger partial charge in [-0.1, -0.05) is 6.92 Å². The standard InChI is InChI=1S/C11H15F5N4O/c1-2-3-17-7-4-8(18-5-10(12,13)6-21)20-9(19-7)11(14,15)16/h4,21H,2-3,5-6H2,1H3,(H2,17,18,19,20). The molecule has 21 heavy (non-hydrogen) atoms. The third-order valence-electron chi connectivity index (χ3n) is 2.30. The molecule has 0 aliphatic rings. The summed E-state index contributed by atoms with van der Waals surface area (Å²) in [7, 11) is 0. The number of aliphatic hydroxyl groups is 1. The summed E-state index contributed by atoms with van der Waals surface area (Å²) < 4.78 is 63.7. The molecule has 0 aliphatic carbocycles. The van der Waals surface area contributed by atoms with Gasteiger partial charge in [-0.3, -0.25) is 0 Å². The third kappa shape index (κ3) is 5.66. The van der Waals surface area contributed by atoms with Crippen molar-refractivity contribution in [3.8, 4) is 0 Å². The van der Waals surface area contributed by atoms with Crippen LogP contribution in [-0.2, 0) is 6.18 Å². The van der Waals surface area contributed by atoms with E-state index in [4.69, 9.17) is 5.11 Å². The Morgan fingerprint density at radius 2 is 1.67 bits per heavy atom. The monoisotopic (exact) mass is 314 g/mol. The lowest BCUT2D eigenvalue weighted by molar-refractivity contribution is -0.144. The minimum absolute atomic E-state index is 0.117. The number of hydrogen-bond acceptors (Lipinski definition) is 5. The van der Waals surface area contributed by atoms with Crippen LogP contribution in [0, 0.1) is 0 Å². The predicted molar refractivity (Wildman–Crippen MR) is 66.3 cm³/mol. The maximum Gasteiger partial charge on any atom is 0.451 e. The lowest BCUT2D eigenvalue weighted by Gasteiger charge is -2.16. The number of halogens is 5. The third-order valence-corrected chi connectivity index (χ3v) is 2.30. The van der Waals surface area contributed by atoms with E-state index in [9.17, 15) is 22.0 Å². The van der Waals surface area contributed by atoms with Crippen molar-refractivity contribution in [2.45, 2.75) is 25.4 Å². The molecular weight excluding hydrogens is 299 g/mol. The average Bonchev–Trinajstić information content (AvgIpc) is 2.42. The first-order valence-corrected chi connectivity index (χ1v) is 6.10. The highest BCUT2D eigenvalue weighted by molar-refractivity contribution is 5.48. The molecule has 10 heteroatoms. The average molecular weight is 314 g/mol. The molecule has 0 radical (unpaired) electrons. The first kappa shape index (κ1) is 17.3. The number of aromatic nitrogens is 2. The lowest BCUT2D eigenvalue weighted by atomic mass is 10.3. The van der Waals surface area contributed by atoms with Crippen LogP contribution in [0.3, 0.4) is 0 Å². The fraction of sp³-hybridized carbons (Fsp3) is 0.636. The summed E-state index contributed by atoms with van der Waals surface area (Å²) in [4.78, 5) is 6.43. The molecule has 1 rings (SSSR count). The van der Waals surface area contributed by atoms with Crippen molar-refractivity contribution >= 4 is 11.6 Å². The van der Waals surface area contributed by atoms with Crippen LogP contribution in [0.5, 0.6) is 0 Å². The summed E-state index contributed by atoms with van der Waals surface area (Å²) in [5, 5.41) is 13.1. The van der Waals surface area contributed by atoms with Crippen LogP contribution in [-0.4, -0.2) is 40.7 Å². The van der Waals surface area contributed by atoms with Gasteiger partial charge in [0.1, 0.15) is 18.2 Å². The molecular formula is C11H15F5N4O. The second-order valence-corrected chi connectivity index (χ2v) is 4.25. The molecule has 0 atom stereocenters. The number of hydrogen-bond donors (Lipinski definition) is 3. The number of alkyl halides is 5. The van der Waals surface area contributed by atoms with Crippen LogP contribution < -0.4 is 10.6 Å². The molecule has 5 nitrogen and oxygen atoms in total. The fourth-order valence-electron chi connectivity index (χ4n) is 1.28. The number of aliphatic hydroxyl groups excluding tert-OH is 1. The number of anilines is 2. The molecule has 1 aromatic rings. The predicted octanol–water partition coefficient (Wildman–Crippen LogP) is 2.36. The summed E-state index contributed by atoms with van der Waals surface area (Å²) in [6, 6.07) is 1.10. The van der Waals surface area contributed by atoms with Crippen molar-refractivity contribution in [2.24, 2.45) is 0 Å². The molecule has 1 aromatic heterocycles. The number of rotatable bonds is 7. The summed E-state index contributed by atoms with van der Waals surface area (Å²) in [6.45, 7) is -0.274. The topological polar surface area (TPSA) is 70.1 Å². The van der Waals surface area contributed by atoms with Gasteiger partial charge in [0.15, 0.2) is 0 Å². The van der Waals surface area contributed by atoms with Crippen LogP contribution in [0.25, 0.3) is 0 Å². The largest absolute Gasteiger partial charge is 0.451 e. The van der Waals surface area contributed by atoms with Crippen molar-refractivity contribution in [1.29, 1.82) is 0 Å². The SMILES string of the molecule is CCCNc1cc(NCC(F)(F)CO)nc(C(F)(F)F)n1. The molecule has 0 saturated carbocycles. The Morgan fingerprint density at radius 1 is 1.10 bits per heavy atom. The van der Waals surface area contributed by atoms with Crippen molar-refractivity contribution in [3.05, 3.63) is 11.9 Å². The van der Waals surface area contributed by atoms with E-state index in [0.29, 0.717) is 13.0 Å². The van der Waals surface area contributed by atoms with E-state index in [1.54, 1.807) is 6.92 Å². The first-order chi connectivity index (χ1) is 9.68. The zero-order chi connectivity index (χ0) is 16.1. The van der Waals surface area contributed by atoms with Crippen LogP contribution in [0.2, 0.25) is 0 Å². The van der Waals surface area contributed by atoms with Crippen molar-refractivity contribution in [3.63, 3.8) is 0 Å². The molecule has 0 saturated heterocycles. The van der Waals surface area contributed by atoms with E-state index in [1.165, 1.54) is 0 Å². The van der Waals surface area contributed by atoms with Gasteiger partial charge in [0, 0.05) is 12.6 Å². The molecule has 0 fully saturated rings. The van der Waals surface area contributed by atoms with Gasteiger partial charge in [-0.25, -0.2) is 18.7 Å². The summed E-state index contributed by atoms with van der Waals surface area (Å²) in [6.07, 6.45) is -4.14. The lowest BCUT2D eigenvalue weighted by Crippen LogP contribution is -2.31. The molecule has 0 aliphatic heterocycles. The Hall–Kier alpha value is -1.71. The Kier molecular flexibility index (Phi) is 5.64. The van der Waals surface area contributed by atoms with E-state index in [0.717, 1.165) is 6.07 Å². The van der Waals surface area contributed by atoms with Crippen LogP contribution in [0.4, 0.5) is 33.6 Å². The zero-order valence-corrected chi connectivity index (χ0v) is 11.1. The second kappa shape index (κ2) is 6.83. The summed E-state index contributed by atoms with van der Waals surface area (Å²) in [5.74, 6) is -5.41. The minimum Gasteiger partial charge on any atom is -0.390 e. The Bertz CT molecular complexity index is 466. The molecule has 1 heterocycles. The highest BCUT2D eigenvalue weighted by Crippen LogP contribution is 2.28. The molecule has 0 spiro atoms. The Labute approximate surface area is 117 Å². The van der Waals surface area contributed by atoms with Gasteiger partial charge in [0.25, 0.3) is 5.92 Å². The second-order valence-electron chi connectivity index (χ2n) is 4.25. The molecule has 120 valence electrons. The van der Waals surface area contributed by atoms with Gasteiger partial charge in [-0.2, -0.15) is 13.2 Å². The number of nitrogens with one attached hydrogen (secondary N) is 2. The fourth-order valence-corrected chi connectivity index (χ4v) is 1.28. The quantitative estimate of drug-likeness (QED) is 0.674. The molecule has 0 bridgehead atoms. The molecule has 0 unspecified atom stereocenters. The summed E-state index contributed by atoms with van der Waals surface area (Å²) in [5.41, 5.74) is 0. The first-order valence-electron chi connectivity index (χ1n) is 6.10. The van der Waals surface area contributed by atoms with Gasteiger partial charge in [0.05, 0.1) is 6.54 Å². The molecule has 0 aromatic carbocycles. The molecule has 0 amide bonds. The van der Waals surface area contributed by atoms with Crippen molar-refractivity contribution in [1.82, 2.24) is 9.97 Å². The van der Waals surface area contributed by atoms with Crippen LogP contribution in [0.1, 0.15) is 19.2 Å². The van der Waals surface area contributed by atoms with E-state index in [1.807, 2.05) is 0 Å². The highest BCUT2D eigenvalue weighted by atomic mass is 19.4. The Morgan fingerprint density at radius 3 is 2.14 bits per heavy atom. The highest BCUT2D eigenvalue weighted by Gasteiger charge is 2.36. The van der Waals surface area contributed by atoms with E-state index >= 15 is 0 Å². The normalized spacial score (nSPS) is 12.3. The molecule has 3 N–H and O–H groups in total. The Balaban J connectivity index is 2.96. The van der Waals surface area contributed by atoms with E-state index in [-0.39, 0.29) is 5.82 Å². The van der Waals surface area contributed by atoms with Crippen LogP contribution >= 0.6 is 0 Å². The maximum atomic E-state index is 12.9. The minimum atomic E-state index is -4.79. The number of nitrogens with zero attached hydrogens (tertiary/aromatic N) is 2.